The third-order valence-corrected chi connectivity index (χ3v) is 3.08. The maximum atomic E-state index is 12.1. The lowest BCUT2D eigenvalue weighted by Gasteiger charge is -2.08. The van der Waals surface area contributed by atoms with Crippen LogP contribution >= 0.6 is 11.6 Å². The highest BCUT2D eigenvalue weighted by atomic mass is 35.5. The Morgan fingerprint density at radius 2 is 2.00 bits per heavy atom. The van der Waals surface area contributed by atoms with Crippen LogP contribution in [0, 0.1) is 13.8 Å². The van der Waals surface area contributed by atoms with E-state index in [9.17, 15) is 9.59 Å². The van der Waals surface area contributed by atoms with E-state index in [-0.39, 0.29) is 16.7 Å². The van der Waals surface area contributed by atoms with Crippen LogP contribution in [0.5, 0.6) is 0 Å². The van der Waals surface area contributed by atoms with Crippen molar-refractivity contribution in [3.05, 3.63) is 44.2 Å². The molecular formula is C12H10ClNO3. The van der Waals surface area contributed by atoms with Gasteiger partial charge in [0.05, 0.1) is 15.9 Å². The summed E-state index contributed by atoms with van der Waals surface area (Å²) < 4.78 is 0. The van der Waals surface area contributed by atoms with Crippen LogP contribution in [0.4, 0.5) is 0 Å². The van der Waals surface area contributed by atoms with Crippen LogP contribution in [0.3, 0.4) is 0 Å². The summed E-state index contributed by atoms with van der Waals surface area (Å²) in [5.41, 5.74) is 0.923. The van der Waals surface area contributed by atoms with Gasteiger partial charge in [0, 0.05) is 5.56 Å². The molecule has 0 saturated carbocycles. The minimum Gasteiger partial charge on any atom is -0.477 e. The highest BCUT2D eigenvalue weighted by molar-refractivity contribution is 6.35. The summed E-state index contributed by atoms with van der Waals surface area (Å²) in [5.74, 6) is -1.17. The van der Waals surface area contributed by atoms with Crippen molar-refractivity contribution in [2.45, 2.75) is 13.8 Å². The van der Waals surface area contributed by atoms with E-state index in [1.54, 1.807) is 19.1 Å². The number of carbonyl (C=O) groups is 1. The van der Waals surface area contributed by atoms with E-state index < -0.39 is 5.97 Å². The Kier molecular flexibility index (Phi) is 2.67. The van der Waals surface area contributed by atoms with Gasteiger partial charge in [0.25, 0.3) is 0 Å². The molecule has 4 nitrogen and oxygen atoms in total. The fourth-order valence-electron chi connectivity index (χ4n) is 1.83. The minimum absolute atomic E-state index is 0.116. The van der Waals surface area contributed by atoms with Crippen LogP contribution in [0.25, 0.3) is 10.9 Å². The number of hydrogen-bond acceptors (Lipinski definition) is 2. The Morgan fingerprint density at radius 3 is 2.59 bits per heavy atom. The molecule has 0 spiro atoms. The Morgan fingerprint density at radius 1 is 1.35 bits per heavy atom. The fraction of sp³-hybridized carbons (Fsp3) is 0.167. The predicted molar refractivity (Wildman–Crippen MR) is 66.0 cm³/mol. The average Bonchev–Trinajstić information content (AvgIpc) is 2.27. The van der Waals surface area contributed by atoms with E-state index in [1.165, 1.54) is 6.92 Å². The zero-order valence-corrected chi connectivity index (χ0v) is 10.1. The molecule has 1 aromatic carbocycles. The molecular weight excluding hydrogens is 242 g/mol. The molecule has 0 aliphatic heterocycles. The van der Waals surface area contributed by atoms with Crippen LogP contribution in [-0.4, -0.2) is 16.1 Å². The third kappa shape index (κ3) is 1.70. The first-order valence-electron chi connectivity index (χ1n) is 4.98. The van der Waals surface area contributed by atoms with Crippen LogP contribution in [-0.2, 0) is 0 Å². The molecule has 2 aromatic rings. The number of aromatic nitrogens is 1. The summed E-state index contributed by atoms with van der Waals surface area (Å²) in [7, 11) is 0. The third-order valence-electron chi connectivity index (χ3n) is 2.77. The molecule has 0 saturated heterocycles. The second-order valence-corrected chi connectivity index (χ2v) is 4.28. The van der Waals surface area contributed by atoms with Crippen LogP contribution in [0.1, 0.15) is 21.6 Å². The highest BCUT2D eigenvalue weighted by Crippen LogP contribution is 2.23. The molecule has 0 unspecified atom stereocenters. The second kappa shape index (κ2) is 3.89. The van der Waals surface area contributed by atoms with Crippen LogP contribution in [0.15, 0.2) is 16.9 Å². The molecule has 0 bridgehead atoms. The second-order valence-electron chi connectivity index (χ2n) is 3.87. The van der Waals surface area contributed by atoms with E-state index in [4.69, 9.17) is 16.7 Å². The molecule has 1 aromatic heterocycles. The molecule has 0 fully saturated rings. The number of carboxylic acids is 1. The van der Waals surface area contributed by atoms with E-state index >= 15 is 0 Å². The van der Waals surface area contributed by atoms with Crippen molar-refractivity contribution in [3.8, 4) is 0 Å². The maximum Gasteiger partial charge on any atom is 0.352 e. The van der Waals surface area contributed by atoms with Gasteiger partial charge >= 0.3 is 5.97 Å². The average molecular weight is 252 g/mol. The first kappa shape index (κ1) is 11.7. The van der Waals surface area contributed by atoms with E-state index in [0.717, 1.165) is 5.56 Å². The van der Waals surface area contributed by atoms with Gasteiger partial charge in [0.15, 0.2) is 5.43 Å². The first-order chi connectivity index (χ1) is 7.93. The van der Waals surface area contributed by atoms with Gasteiger partial charge in [-0.3, -0.25) is 4.79 Å². The lowest BCUT2D eigenvalue weighted by Crippen LogP contribution is -2.16. The molecule has 1 heterocycles. The minimum atomic E-state index is -1.17. The highest BCUT2D eigenvalue weighted by Gasteiger charge is 2.16. The number of aromatic amines is 1. The number of hydrogen-bond donors (Lipinski definition) is 2. The van der Waals surface area contributed by atoms with Gasteiger partial charge in [-0.25, -0.2) is 4.79 Å². The van der Waals surface area contributed by atoms with Gasteiger partial charge in [0.2, 0.25) is 0 Å². The summed E-state index contributed by atoms with van der Waals surface area (Å²) in [6.07, 6.45) is 0. The molecule has 5 heteroatoms. The zero-order chi connectivity index (χ0) is 12.7. The topological polar surface area (TPSA) is 70.2 Å². The van der Waals surface area contributed by atoms with E-state index in [2.05, 4.69) is 4.98 Å². The summed E-state index contributed by atoms with van der Waals surface area (Å²) in [4.78, 5) is 25.8. The lowest BCUT2D eigenvalue weighted by molar-refractivity contribution is 0.0690. The number of aryl methyl sites for hydroxylation is 1. The van der Waals surface area contributed by atoms with E-state index in [1.807, 2.05) is 0 Å². The molecule has 2 rings (SSSR count). The Hall–Kier alpha value is -1.81. The predicted octanol–water partition coefficient (Wildman–Crippen LogP) is 2.50. The van der Waals surface area contributed by atoms with E-state index in [0.29, 0.717) is 15.9 Å². The number of H-pyrrole nitrogens is 1. The summed E-state index contributed by atoms with van der Waals surface area (Å²) >= 11 is 5.97. The largest absolute Gasteiger partial charge is 0.477 e. The monoisotopic (exact) mass is 251 g/mol. The first-order valence-corrected chi connectivity index (χ1v) is 5.36. The molecule has 2 N–H and O–H groups in total. The number of carboxylic acid groups (broad SMARTS) is 1. The Balaban J connectivity index is 3.07. The molecule has 0 aliphatic rings. The number of nitrogens with one attached hydrogen (secondary N) is 1. The normalized spacial score (nSPS) is 10.8. The van der Waals surface area contributed by atoms with Crippen molar-refractivity contribution >= 4 is 28.5 Å². The number of halogens is 1. The summed E-state index contributed by atoms with van der Waals surface area (Å²) in [6, 6.07) is 3.37. The molecule has 17 heavy (non-hydrogen) atoms. The number of fused-ring (bicyclic) bond motifs is 1. The van der Waals surface area contributed by atoms with Crippen molar-refractivity contribution in [2.75, 3.05) is 0 Å². The summed E-state index contributed by atoms with van der Waals surface area (Å²) in [5, 5.41) is 9.78. The van der Waals surface area contributed by atoms with Crippen molar-refractivity contribution in [3.63, 3.8) is 0 Å². The smallest absolute Gasteiger partial charge is 0.352 e. The molecule has 0 amide bonds. The Bertz CT molecular complexity index is 688. The van der Waals surface area contributed by atoms with Gasteiger partial charge < -0.3 is 10.1 Å². The quantitative estimate of drug-likeness (QED) is 0.818. The number of rotatable bonds is 1. The van der Waals surface area contributed by atoms with Gasteiger partial charge in [0.1, 0.15) is 5.69 Å². The SMILES string of the molecule is Cc1c(C(=O)O)[nH]c2c(Cl)ccc(C)c2c1=O. The van der Waals surface area contributed by atoms with Crippen molar-refractivity contribution in [1.29, 1.82) is 0 Å². The molecule has 0 atom stereocenters. The summed E-state index contributed by atoms with van der Waals surface area (Å²) in [6.45, 7) is 3.27. The van der Waals surface area contributed by atoms with Gasteiger partial charge in [-0.05, 0) is 25.5 Å². The number of pyridine rings is 1. The van der Waals surface area contributed by atoms with Gasteiger partial charge in [-0.2, -0.15) is 0 Å². The van der Waals surface area contributed by atoms with Gasteiger partial charge in [-0.1, -0.05) is 17.7 Å². The van der Waals surface area contributed by atoms with Crippen LogP contribution < -0.4 is 5.43 Å². The van der Waals surface area contributed by atoms with Gasteiger partial charge in [-0.15, -0.1) is 0 Å². The molecule has 0 radical (unpaired) electrons. The maximum absolute atomic E-state index is 12.1. The van der Waals surface area contributed by atoms with Crippen molar-refractivity contribution in [1.82, 2.24) is 4.98 Å². The zero-order valence-electron chi connectivity index (χ0n) is 9.30. The fourth-order valence-corrected chi connectivity index (χ4v) is 2.03. The lowest BCUT2D eigenvalue weighted by atomic mass is 10.1. The Labute approximate surface area is 102 Å². The van der Waals surface area contributed by atoms with Crippen molar-refractivity contribution < 1.29 is 9.90 Å². The van der Waals surface area contributed by atoms with Crippen molar-refractivity contribution in [2.24, 2.45) is 0 Å². The molecule has 88 valence electrons. The van der Waals surface area contributed by atoms with Crippen LogP contribution in [0.2, 0.25) is 5.02 Å². The molecule has 0 aliphatic carbocycles. The standard InChI is InChI=1S/C12H10ClNO3/c1-5-3-4-7(13)10-8(5)11(15)6(2)9(14-10)12(16)17/h3-4H,1-2H3,(H,14,15)(H,16,17). The number of benzene rings is 1. The number of aromatic carboxylic acids is 1.